The molecule has 1 amide bonds. The van der Waals surface area contributed by atoms with Gasteiger partial charge in [0.05, 0.1) is 17.4 Å². The molecule has 0 spiro atoms. The van der Waals surface area contributed by atoms with Crippen molar-refractivity contribution in [2.45, 2.75) is 29.9 Å². The molecule has 0 radical (unpaired) electrons. The largest absolute Gasteiger partial charge is 0.469 e. The lowest BCUT2D eigenvalue weighted by Crippen LogP contribution is -2.31. The van der Waals surface area contributed by atoms with E-state index in [4.69, 9.17) is 23.2 Å². The van der Waals surface area contributed by atoms with Crippen LogP contribution in [0.1, 0.15) is 19.8 Å². The zero-order valence-corrected chi connectivity index (χ0v) is 14.1. The van der Waals surface area contributed by atoms with Crippen LogP contribution in [-0.2, 0) is 14.3 Å². The van der Waals surface area contributed by atoms with Crippen molar-refractivity contribution in [2.75, 3.05) is 13.7 Å². The van der Waals surface area contributed by atoms with Crippen molar-refractivity contribution in [1.29, 1.82) is 0 Å². The molecule has 1 unspecified atom stereocenters. The summed E-state index contributed by atoms with van der Waals surface area (Å²) in [6.45, 7) is 2.22. The van der Waals surface area contributed by atoms with Gasteiger partial charge in [-0.15, -0.1) is 11.8 Å². The summed E-state index contributed by atoms with van der Waals surface area (Å²) < 4.78 is 4.53. The van der Waals surface area contributed by atoms with Crippen LogP contribution in [0.3, 0.4) is 0 Å². The first-order chi connectivity index (χ1) is 9.93. The third kappa shape index (κ3) is 6.59. The molecule has 7 heteroatoms. The maximum atomic E-state index is 11.9. The second-order valence-electron chi connectivity index (χ2n) is 4.31. The lowest BCUT2D eigenvalue weighted by molar-refractivity contribution is -0.140. The fourth-order valence-electron chi connectivity index (χ4n) is 1.50. The van der Waals surface area contributed by atoms with Crippen LogP contribution in [0.25, 0.3) is 0 Å². The van der Waals surface area contributed by atoms with Gasteiger partial charge >= 0.3 is 5.97 Å². The zero-order valence-electron chi connectivity index (χ0n) is 11.8. The maximum absolute atomic E-state index is 11.9. The van der Waals surface area contributed by atoms with Gasteiger partial charge in [0.2, 0.25) is 5.91 Å². The van der Waals surface area contributed by atoms with Crippen molar-refractivity contribution in [3.05, 3.63) is 28.2 Å². The van der Waals surface area contributed by atoms with E-state index in [9.17, 15) is 9.59 Å². The Labute approximate surface area is 138 Å². The van der Waals surface area contributed by atoms with Crippen LogP contribution in [0.4, 0.5) is 0 Å². The summed E-state index contributed by atoms with van der Waals surface area (Å²) in [5.41, 5.74) is 0. The molecule has 0 saturated heterocycles. The van der Waals surface area contributed by atoms with Crippen LogP contribution < -0.4 is 5.32 Å². The lowest BCUT2D eigenvalue weighted by atomic mass is 10.3. The van der Waals surface area contributed by atoms with E-state index < -0.39 is 0 Å². The van der Waals surface area contributed by atoms with Crippen LogP contribution >= 0.6 is 35.0 Å². The van der Waals surface area contributed by atoms with Crippen molar-refractivity contribution in [3.8, 4) is 0 Å². The van der Waals surface area contributed by atoms with Crippen molar-refractivity contribution in [1.82, 2.24) is 5.32 Å². The molecule has 0 aliphatic heterocycles. The number of nitrogens with one attached hydrogen (secondary N) is 1. The Bertz CT molecular complexity index is 511. The van der Waals surface area contributed by atoms with Crippen molar-refractivity contribution in [2.24, 2.45) is 0 Å². The molecule has 0 aliphatic rings. The number of hydrogen-bond acceptors (Lipinski definition) is 4. The van der Waals surface area contributed by atoms with Gasteiger partial charge in [0.15, 0.2) is 0 Å². The number of methoxy groups -OCH3 is 1. The van der Waals surface area contributed by atoms with Gasteiger partial charge in [-0.1, -0.05) is 23.2 Å². The average Bonchev–Trinajstić information content (AvgIpc) is 2.46. The molecule has 1 atom stereocenters. The molecule has 116 valence electrons. The first-order valence-electron chi connectivity index (χ1n) is 6.40. The number of amides is 1. The summed E-state index contributed by atoms with van der Waals surface area (Å²) in [4.78, 5) is 23.6. The Morgan fingerprint density at radius 2 is 2.10 bits per heavy atom. The van der Waals surface area contributed by atoms with Crippen LogP contribution in [0.15, 0.2) is 23.1 Å². The van der Waals surface area contributed by atoms with Crippen molar-refractivity contribution < 1.29 is 14.3 Å². The van der Waals surface area contributed by atoms with E-state index >= 15 is 0 Å². The van der Waals surface area contributed by atoms with E-state index in [1.807, 2.05) is 0 Å². The minimum Gasteiger partial charge on any atom is -0.469 e. The van der Waals surface area contributed by atoms with E-state index in [1.165, 1.54) is 18.9 Å². The first-order valence-corrected chi connectivity index (χ1v) is 8.04. The fraction of sp³-hybridized carbons (Fsp3) is 0.429. The SMILES string of the molecule is COC(=O)CCCNC(=O)C(C)Sc1cc(Cl)ccc1Cl. The molecule has 1 aromatic rings. The third-order valence-corrected chi connectivity index (χ3v) is 4.49. The number of rotatable bonds is 7. The number of esters is 1. The number of ether oxygens (including phenoxy) is 1. The predicted molar refractivity (Wildman–Crippen MR) is 86.0 cm³/mol. The summed E-state index contributed by atoms with van der Waals surface area (Å²) in [6.07, 6.45) is 0.839. The summed E-state index contributed by atoms with van der Waals surface area (Å²) in [5.74, 6) is -0.390. The number of thioether (sulfide) groups is 1. The van der Waals surface area contributed by atoms with E-state index in [2.05, 4.69) is 10.1 Å². The molecular weight excluding hydrogens is 333 g/mol. The van der Waals surface area contributed by atoms with E-state index in [1.54, 1.807) is 25.1 Å². The van der Waals surface area contributed by atoms with Crippen LogP contribution in [0.5, 0.6) is 0 Å². The second-order valence-corrected chi connectivity index (χ2v) is 6.53. The molecule has 1 rings (SSSR count). The second kappa shape index (κ2) is 9.18. The van der Waals surface area contributed by atoms with Gasteiger partial charge < -0.3 is 10.1 Å². The van der Waals surface area contributed by atoms with Gasteiger partial charge in [0.25, 0.3) is 0 Å². The van der Waals surface area contributed by atoms with E-state index in [0.29, 0.717) is 29.4 Å². The number of benzene rings is 1. The van der Waals surface area contributed by atoms with Crippen molar-refractivity contribution >= 4 is 46.8 Å². The molecule has 1 aromatic carbocycles. The smallest absolute Gasteiger partial charge is 0.305 e. The first kappa shape index (κ1) is 18.1. The highest BCUT2D eigenvalue weighted by atomic mass is 35.5. The quantitative estimate of drug-likeness (QED) is 0.464. The Morgan fingerprint density at radius 3 is 2.76 bits per heavy atom. The Kier molecular flexibility index (Phi) is 7.93. The summed E-state index contributed by atoms with van der Waals surface area (Å²) in [5, 5.41) is 3.61. The number of carbonyl (C=O) groups excluding carboxylic acids is 2. The minimum absolute atomic E-state index is 0.110. The Morgan fingerprint density at radius 1 is 1.38 bits per heavy atom. The highest BCUT2D eigenvalue weighted by Gasteiger charge is 2.15. The predicted octanol–water partition coefficient (Wildman–Crippen LogP) is 3.54. The average molecular weight is 350 g/mol. The third-order valence-electron chi connectivity index (χ3n) is 2.65. The number of hydrogen-bond donors (Lipinski definition) is 1. The molecular formula is C14H17Cl2NO3S. The van der Waals surface area contributed by atoms with Gasteiger partial charge in [-0.3, -0.25) is 9.59 Å². The zero-order chi connectivity index (χ0) is 15.8. The molecule has 0 saturated carbocycles. The Hall–Kier alpha value is -0.910. The van der Waals surface area contributed by atoms with Gasteiger partial charge in [-0.05, 0) is 31.5 Å². The molecule has 0 aliphatic carbocycles. The van der Waals surface area contributed by atoms with E-state index in [-0.39, 0.29) is 17.1 Å². The normalized spacial score (nSPS) is 11.8. The number of carbonyl (C=O) groups is 2. The standard InChI is InChI=1S/C14H17Cl2NO3S/c1-9(14(19)17-7-3-4-13(18)20-2)21-12-8-10(15)5-6-11(12)16/h5-6,8-9H,3-4,7H2,1-2H3,(H,17,19). The fourth-order valence-corrected chi connectivity index (χ4v) is 2.94. The summed E-state index contributed by atoms with van der Waals surface area (Å²) in [6, 6.07) is 5.13. The van der Waals surface area contributed by atoms with Crippen molar-refractivity contribution in [3.63, 3.8) is 0 Å². The van der Waals surface area contributed by atoms with Crippen LogP contribution in [-0.4, -0.2) is 30.8 Å². The van der Waals surface area contributed by atoms with Gasteiger partial charge in [-0.2, -0.15) is 0 Å². The highest BCUT2D eigenvalue weighted by Crippen LogP contribution is 2.32. The molecule has 1 N–H and O–H groups in total. The minimum atomic E-state index is -0.306. The maximum Gasteiger partial charge on any atom is 0.305 e. The molecule has 4 nitrogen and oxygen atoms in total. The van der Waals surface area contributed by atoms with Crippen LogP contribution in [0, 0.1) is 0 Å². The Balaban J connectivity index is 2.40. The monoisotopic (exact) mass is 349 g/mol. The van der Waals surface area contributed by atoms with Gasteiger partial charge in [-0.25, -0.2) is 0 Å². The molecule has 0 bridgehead atoms. The van der Waals surface area contributed by atoms with E-state index in [0.717, 1.165) is 4.90 Å². The molecule has 21 heavy (non-hydrogen) atoms. The number of halogens is 2. The topological polar surface area (TPSA) is 55.4 Å². The molecule has 0 aromatic heterocycles. The van der Waals surface area contributed by atoms with Gasteiger partial charge in [0, 0.05) is 22.9 Å². The highest BCUT2D eigenvalue weighted by molar-refractivity contribution is 8.00. The molecule has 0 heterocycles. The van der Waals surface area contributed by atoms with Gasteiger partial charge in [0.1, 0.15) is 0 Å². The molecule has 0 fully saturated rings. The van der Waals surface area contributed by atoms with Crippen LogP contribution in [0.2, 0.25) is 10.0 Å². The summed E-state index contributed by atoms with van der Waals surface area (Å²) >= 11 is 13.3. The summed E-state index contributed by atoms with van der Waals surface area (Å²) in [7, 11) is 1.34. The lowest BCUT2D eigenvalue weighted by Gasteiger charge is -2.13.